The zero-order valence-corrected chi connectivity index (χ0v) is 12.1. The Balaban J connectivity index is 2.48. The van der Waals surface area contributed by atoms with Gasteiger partial charge in [-0.2, -0.15) is 0 Å². The van der Waals surface area contributed by atoms with Crippen LogP contribution in [0.15, 0.2) is 11.2 Å². The summed E-state index contributed by atoms with van der Waals surface area (Å²) in [4.78, 5) is 4.44. The van der Waals surface area contributed by atoms with Crippen LogP contribution in [0.2, 0.25) is 0 Å². The molecule has 0 spiro atoms. The Morgan fingerprint density at radius 2 is 2.22 bits per heavy atom. The van der Waals surface area contributed by atoms with E-state index in [2.05, 4.69) is 9.71 Å². The van der Waals surface area contributed by atoms with Gasteiger partial charge >= 0.3 is 0 Å². The number of imidazole rings is 1. The van der Waals surface area contributed by atoms with E-state index in [1.807, 2.05) is 0 Å². The third-order valence-corrected chi connectivity index (χ3v) is 4.04. The maximum atomic E-state index is 11.9. The van der Waals surface area contributed by atoms with Crippen LogP contribution < -0.4 is 10.5 Å². The van der Waals surface area contributed by atoms with Gasteiger partial charge in [-0.25, -0.2) is 18.1 Å². The molecule has 1 aromatic heterocycles. The fourth-order valence-corrected chi connectivity index (χ4v) is 2.61. The third-order valence-electron chi connectivity index (χ3n) is 2.50. The molecule has 1 aromatic rings. The number of nitrogens with two attached hydrogens (primary N) is 1. The van der Waals surface area contributed by atoms with Gasteiger partial charge in [0.05, 0.1) is 4.99 Å². The Bertz CT molecular complexity index is 502. The van der Waals surface area contributed by atoms with Crippen molar-refractivity contribution in [3.8, 4) is 0 Å². The van der Waals surface area contributed by atoms with E-state index in [-0.39, 0.29) is 5.03 Å². The number of rotatable bonds is 7. The van der Waals surface area contributed by atoms with Crippen LogP contribution in [0.1, 0.15) is 25.1 Å². The van der Waals surface area contributed by atoms with Crippen LogP contribution in [0.4, 0.5) is 0 Å². The maximum absolute atomic E-state index is 11.9. The summed E-state index contributed by atoms with van der Waals surface area (Å²) >= 11 is 4.74. The number of nitrogens with zero attached hydrogens (tertiary/aromatic N) is 2. The minimum absolute atomic E-state index is 0.0526. The molecular formula is C10H18N4O2S2. The van der Waals surface area contributed by atoms with Gasteiger partial charge in [0.2, 0.25) is 0 Å². The molecule has 1 heterocycles. The van der Waals surface area contributed by atoms with Gasteiger partial charge in [0.25, 0.3) is 10.0 Å². The number of hydrogen-bond donors (Lipinski definition) is 2. The predicted molar refractivity (Wildman–Crippen MR) is 73.8 cm³/mol. The molecule has 102 valence electrons. The average Bonchev–Trinajstić information content (AvgIpc) is 2.59. The first-order valence-electron chi connectivity index (χ1n) is 5.61. The largest absolute Gasteiger partial charge is 0.393 e. The van der Waals surface area contributed by atoms with Crippen LogP contribution in [0, 0.1) is 6.92 Å². The first-order chi connectivity index (χ1) is 8.33. The summed E-state index contributed by atoms with van der Waals surface area (Å²) in [6, 6.07) is 0. The Morgan fingerprint density at radius 3 is 2.72 bits per heavy atom. The number of sulfonamides is 1. The van der Waals surface area contributed by atoms with Crippen molar-refractivity contribution in [1.82, 2.24) is 14.3 Å². The molecule has 0 saturated carbocycles. The highest BCUT2D eigenvalue weighted by Gasteiger charge is 2.17. The molecular weight excluding hydrogens is 272 g/mol. The number of aryl methyl sites for hydroxylation is 2. The smallest absolute Gasteiger partial charge is 0.259 e. The highest BCUT2D eigenvalue weighted by Crippen LogP contribution is 2.07. The number of nitrogens with one attached hydrogen (secondary N) is 1. The molecule has 0 aliphatic carbocycles. The fourth-order valence-electron chi connectivity index (χ4n) is 1.36. The Hall–Kier alpha value is -0.990. The summed E-state index contributed by atoms with van der Waals surface area (Å²) < 4.78 is 27.9. The van der Waals surface area contributed by atoms with Gasteiger partial charge < -0.3 is 10.3 Å². The number of unbranched alkanes of at least 4 members (excludes halogenated alkanes) is 1. The summed E-state index contributed by atoms with van der Waals surface area (Å²) in [6.45, 7) is 2.11. The highest BCUT2D eigenvalue weighted by atomic mass is 32.2. The van der Waals surface area contributed by atoms with Crippen molar-refractivity contribution in [1.29, 1.82) is 0 Å². The normalized spacial score (nSPS) is 11.7. The summed E-state index contributed by atoms with van der Waals surface area (Å²) in [5.41, 5.74) is 5.35. The predicted octanol–water partition coefficient (Wildman–Crippen LogP) is 0.463. The topological polar surface area (TPSA) is 90.0 Å². The van der Waals surface area contributed by atoms with Crippen molar-refractivity contribution >= 4 is 27.2 Å². The van der Waals surface area contributed by atoms with E-state index in [9.17, 15) is 8.42 Å². The van der Waals surface area contributed by atoms with Crippen molar-refractivity contribution in [2.45, 2.75) is 31.2 Å². The van der Waals surface area contributed by atoms with Crippen LogP contribution in [0.25, 0.3) is 0 Å². The minimum atomic E-state index is -3.51. The molecule has 3 N–H and O–H groups in total. The lowest BCUT2D eigenvalue weighted by molar-refractivity contribution is 0.574. The Labute approximate surface area is 113 Å². The third kappa shape index (κ3) is 4.35. The van der Waals surface area contributed by atoms with Crippen molar-refractivity contribution in [2.75, 3.05) is 6.54 Å². The van der Waals surface area contributed by atoms with Crippen LogP contribution in [0.5, 0.6) is 0 Å². The van der Waals surface area contributed by atoms with Crippen LogP contribution in [-0.2, 0) is 17.1 Å². The Kier molecular flexibility index (Phi) is 5.24. The molecule has 6 nitrogen and oxygen atoms in total. The molecule has 0 aromatic carbocycles. The molecule has 18 heavy (non-hydrogen) atoms. The van der Waals surface area contributed by atoms with Gasteiger partial charge in [0, 0.05) is 19.8 Å². The van der Waals surface area contributed by atoms with E-state index < -0.39 is 10.0 Å². The zero-order chi connectivity index (χ0) is 13.8. The maximum Gasteiger partial charge on any atom is 0.259 e. The van der Waals surface area contributed by atoms with Gasteiger partial charge in [-0.15, -0.1) is 0 Å². The summed E-state index contributed by atoms with van der Waals surface area (Å²) in [6.07, 6.45) is 3.61. The van der Waals surface area contributed by atoms with Gasteiger partial charge in [0.1, 0.15) is 5.82 Å². The fraction of sp³-hybridized carbons (Fsp3) is 0.600. The standard InChI is InChI=1S/C10H18N4O2S2/c1-8-13-10(7-14(8)2)18(15,16)12-6-4-3-5-9(11)17/h7,12H,3-6H2,1-2H3,(H2,11,17). The highest BCUT2D eigenvalue weighted by molar-refractivity contribution is 7.89. The lowest BCUT2D eigenvalue weighted by atomic mass is 10.2. The molecule has 0 amide bonds. The first kappa shape index (κ1) is 15.1. The quantitative estimate of drug-likeness (QED) is 0.562. The molecule has 0 atom stereocenters. The minimum Gasteiger partial charge on any atom is -0.393 e. The zero-order valence-electron chi connectivity index (χ0n) is 10.5. The second-order valence-corrected chi connectivity index (χ2v) is 6.30. The second-order valence-electron chi connectivity index (χ2n) is 4.06. The van der Waals surface area contributed by atoms with Crippen LogP contribution >= 0.6 is 12.2 Å². The second kappa shape index (κ2) is 6.26. The first-order valence-corrected chi connectivity index (χ1v) is 7.50. The van der Waals surface area contributed by atoms with Gasteiger partial charge in [-0.05, 0) is 26.2 Å². The summed E-state index contributed by atoms with van der Waals surface area (Å²) in [7, 11) is -1.76. The molecule has 0 radical (unpaired) electrons. The molecule has 0 unspecified atom stereocenters. The summed E-state index contributed by atoms with van der Waals surface area (Å²) in [5.74, 6) is 0.656. The Morgan fingerprint density at radius 1 is 1.56 bits per heavy atom. The molecule has 0 saturated heterocycles. The molecule has 0 bridgehead atoms. The number of aromatic nitrogens is 2. The molecule has 1 rings (SSSR count). The molecule has 0 aliphatic heterocycles. The van der Waals surface area contributed by atoms with E-state index in [4.69, 9.17) is 18.0 Å². The van der Waals surface area contributed by atoms with Crippen LogP contribution in [0.3, 0.4) is 0 Å². The van der Waals surface area contributed by atoms with E-state index in [1.165, 1.54) is 6.20 Å². The van der Waals surface area contributed by atoms with Crippen LogP contribution in [-0.4, -0.2) is 29.5 Å². The summed E-state index contributed by atoms with van der Waals surface area (Å²) in [5, 5.41) is 0.0526. The van der Waals surface area contributed by atoms with Crippen molar-refractivity contribution in [3.05, 3.63) is 12.0 Å². The van der Waals surface area contributed by atoms with Crippen molar-refractivity contribution in [2.24, 2.45) is 12.8 Å². The van der Waals surface area contributed by atoms with Crippen molar-refractivity contribution in [3.63, 3.8) is 0 Å². The van der Waals surface area contributed by atoms with Crippen molar-refractivity contribution < 1.29 is 8.42 Å². The molecule has 0 aliphatic rings. The molecule has 0 fully saturated rings. The number of hydrogen-bond acceptors (Lipinski definition) is 4. The molecule has 8 heteroatoms. The van der Waals surface area contributed by atoms with E-state index >= 15 is 0 Å². The van der Waals surface area contributed by atoms with Gasteiger partial charge in [-0.3, -0.25) is 0 Å². The van der Waals surface area contributed by atoms with E-state index in [0.717, 1.165) is 6.42 Å². The lowest BCUT2D eigenvalue weighted by Gasteiger charge is -2.03. The van der Waals surface area contributed by atoms with Gasteiger partial charge in [0.15, 0.2) is 5.03 Å². The average molecular weight is 290 g/mol. The van der Waals surface area contributed by atoms with E-state index in [1.54, 1.807) is 18.5 Å². The monoisotopic (exact) mass is 290 g/mol. The van der Waals surface area contributed by atoms with Gasteiger partial charge in [-0.1, -0.05) is 12.2 Å². The number of thiocarbonyl (C=S) groups is 1. The lowest BCUT2D eigenvalue weighted by Crippen LogP contribution is -2.25. The van der Waals surface area contributed by atoms with E-state index in [0.29, 0.717) is 30.2 Å². The SMILES string of the molecule is Cc1nc(S(=O)(=O)NCCCCC(N)=S)cn1C.